The van der Waals surface area contributed by atoms with Crippen molar-refractivity contribution in [1.29, 1.82) is 0 Å². The van der Waals surface area contributed by atoms with Gasteiger partial charge in [0.25, 0.3) is 0 Å². The standard InChI is InChI=1S/C34H46O6/c1-7-37-28-14-24(15-29(38-8-2)31(28)30-22(4)19-39-23(30)5)13-25-16-34(17-25)18-27(21(3)20-40-34)26-9-11-33(6,12-10-26)32(35)36/h14-15,19,25-26H,7-13,16-18,20H2,1-6H3,(H,35,36). The van der Waals surface area contributed by atoms with Gasteiger partial charge in [-0.15, -0.1) is 0 Å². The fraction of sp³-hybridized carbons (Fsp3) is 0.618. The van der Waals surface area contributed by atoms with Gasteiger partial charge in [-0.1, -0.05) is 5.57 Å². The zero-order valence-electron chi connectivity index (χ0n) is 25.2. The van der Waals surface area contributed by atoms with Gasteiger partial charge in [-0.05, 0) is 134 Å². The molecule has 0 bridgehead atoms. The van der Waals surface area contributed by atoms with Gasteiger partial charge < -0.3 is 23.7 Å². The van der Waals surface area contributed by atoms with Crippen LogP contribution < -0.4 is 9.47 Å². The van der Waals surface area contributed by atoms with Crippen molar-refractivity contribution in [2.75, 3.05) is 19.8 Å². The van der Waals surface area contributed by atoms with Crippen molar-refractivity contribution < 1.29 is 28.5 Å². The Morgan fingerprint density at radius 3 is 2.17 bits per heavy atom. The number of carboxylic acid groups (broad SMARTS) is 1. The molecule has 2 aliphatic carbocycles. The molecule has 6 nitrogen and oxygen atoms in total. The molecule has 2 saturated carbocycles. The number of hydrogen-bond acceptors (Lipinski definition) is 5. The molecule has 1 spiro atoms. The van der Waals surface area contributed by atoms with Crippen LogP contribution in [0.3, 0.4) is 0 Å². The third kappa shape index (κ3) is 5.44. The highest BCUT2D eigenvalue weighted by atomic mass is 16.5. The lowest BCUT2D eigenvalue weighted by Gasteiger charge is -2.52. The number of aliphatic carboxylic acids is 1. The zero-order chi connectivity index (χ0) is 28.7. The summed E-state index contributed by atoms with van der Waals surface area (Å²) < 4.78 is 24.6. The summed E-state index contributed by atoms with van der Waals surface area (Å²) in [6.45, 7) is 14.1. The topological polar surface area (TPSA) is 78.1 Å². The van der Waals surface area contributed by atoms with E-state index < -0.39 is 11.4 Å². The Kier molecular flexibility index (Phi) is 8.11. The van der Waals surface area contributed by atoms with Crippen LogP contribution in [0.25, 0.3) is 11.1 Å². The minimum atomic E-state index is -0.648. The van der Waals surface area contributed by atoms with Gasteiger partial charge in [0.15, 0.2) is 0 Å². The maximum atomic E-state index is 11.7. The van der Waals surface area contributed by atoms with Crippen LogP contribution in [0.4, 0.5) is 0 Å². The number of rotatable bonds is 9. The van der Waals surface area contributed by atoms with E-state index >= 15 is 0 Å². The second-order valence-corrected chi connectivity index (χ2v) is 12.8. The van der Waals surface area contributed by atoms with Crippen molar-refractivity contribution in [3.05, 3.63) is 46.4 Å². The Bertz CT molecular complexity index is 1220. The summed E-state index contributed by atoms with van der Waals surface area (Å²) >= 11 is 0. The lowest BCUT2D eigenvalue weighted by molar-refractivity contribution is -0.150. The molecule has 1 aromatic carbocycles. The number of benzene rings is 1. The van der Waals surface area contributed by atoms with Gasteiger partial charge in [0.1, 0.15) is 17.3 Å². The zero-order valence-corrected chi connectivity index (χ0v) is 25.2. The maximum absolute atomic E-state index is 11.7. The van der Waals surface area contributed by atoms with Crippen molar-refractivity contribution >= 4 is 5.97 Å². The molecule has 0 atom stereocenters. The van der Waals surface area contributed by atoms with E-state index in [9.17, 15) is 9.90 Å². The Labute approximate surface area is 239 Å². The molecule has 2 fully saturated rings. The smallest absolute Gasteiger partial charge is 0.309 e. The Hall–Kier alpha value is -2.73. The first-order valence-corrected chi connectivity index (χ1v) is 15.1. The van der Waals surface area contributed by atoms with Gasteiger partial charge in [-0.3, -0.25) is 4.79 Å². The van der Waals surface area contributed by atoms with Crippen molar-refractivity contribution in [3.8, 4) is 22.6 Å². The summed E-state index contributed by atoms with van der Waals surface area (Å²) in [5.41, 5.74) is 6.62. The second kappa shape index (κ2) is 11.3. The van der Waals surface area contributed by atoms with Crippen LogP contribution in [0.15, 0.2) is 34.0 Å². The largest absolute Gasteiger partial charge is 0.493 e. The quantitative estimate of drug-likeness (QED) is 0.318. The Balaban J connectivity index is 1.30. The molecule has 6 heteroatoms. The molecule has 2 heterocycles. The summed E-state index contributed by atoms with van der Waals surface area (Å²) in [5.74, 6) is 2.97. The molecule has 0 amide bonds. The highest BCUT2D eigenvalue weighted by Gasteiger charge is 2.49. The molecular formula is C34H46O6. The third-order valence-electron chi connectivity index (χ3n) is 9.73. The minimum absolute atomic E-state index is 0.0660. The van der Waals surface area contributed by atoms with Crippen LogP contribution in [0, 0.1) is 31.1 Å². The van der Waals surface area contributed by atoms with Crippen molar-refractivity contribution in [1.82, 2.24) is 0 Å². The van der Waals surface area contributed by atoms with Gasteiger partial charge in [-0.2, -0.15) is 0 Å². The normalized spacial score (nSPS) is 28.4. The van der Waals surface area contributed by atoms with E-state index in [2.05, 4.69) is 26.0 Å². The predicted molar refractivity (Wildman–Crippen MR) is 156 cm³/mol. The van der Waals surface area contributed by atoms with Crippen LogP contribution in [0.1, 0.15) is 89.5 Å². The summed E-state index contributed by atoms with van der Waals surface area (Å²) in [6, 6.07) is 4.38. The number of carboxylic acids is 1. The number of aryl methyl sites for hydroxylation is 2. The van der Waals surface area contributed by atoms with Crippen LogP contribution >= 0.6 is 0 Å². The third-order valence-corrected chi connectivity index (χ3v) is 9.73. The molecule has 0 unspecified atom stereocenters. The fourth-order valence-electron chi connectivity index (χ4n) is 7.44. The summed E-state index contributed by atoms with van der Waals surface area (Å²) in [5, 5.41) is 9.66. The van der Waals surface area contributed by atoms with Crippen LogP contribution in [0.2, 0.25) is 0 Å². The predicted octanol–water partition coefficient (Wildman–Crippen LogP) is 8.07. The number of ether oxygens (including phenoxy) is 3. The maximum Gasteiger partial charge on any atom is 0.309 e. The van der Waals surface area contributed by atoms with E-state index in [1.807, 2.05) is 27.7 Å². The van der Waals surface area contributed by atoms with E-state index in [0.29, 0.717) is 31.7 Å². The van der Waals surface area contributed by atoms with E-state index in [4.69, 9.17) is 18.6 Å². The lowest BCUT2D eigenvalue weighted by Crippen LogP contribution is -2.50. The van der Waals surface area contributed by atoms with Gasteiger partial charge in [0, 0.05) is 5.56 Å². The molecule has 1 aromatic heterocycles. The summed E-state index contributed by atoms with van der Waals surface area (Å²) in [4.78, 5) is 11.7. The van der Waals surface area contributed by atoms with Crippen LogP contribution in [0.5, 0.6) is 11.5 Å². The molecule has 0 radical (unpaired) electrons. The highest BCUT2D eigenvalue weighted by molar-refractivity contribution is 5.81. The first kappa shape index (κ1) is 28.8. The Morgan fingerprint density at radius 2 is 1.65 bits per heavy atom. The average Bonchev–Trinajstić information content (AvgIpc) is 3.22. The van der Waals surface area contributed by atoms with E-state index in [1.54, 1.807) is 11.8 Å². The molecular weight excluding hydrogens is 504 g/mol. The van der Waals surface area contributed by atoms with Gasteiger partial charge in [0.05, 0.1) is 42.7 Å². The van der Waals surface area contributed by atoms with Crippen molar-refractivity contribution in [2.24, 2.45) is 17.3 Å². The van der Waals surface area contributed by atoms with E-state index in [1.165, 1.54) is 11.1 Å². The van der Waals surface area contributed by atoms with Crippen molar-refractivity contribution in [2.45, 2.75) is 98.5 Å². The van der Waals surface area contributed by atoms with Gasteiger partial charge in [-0.25, -0.2) is 0 Å². The van der Waals surface area contributed by atoms with Crippen LogP contribution in [-0.4, -0.2) is 36.5 Å². The lowest BCUT2D eigenvalue weighted by atomic mass is 9.61. The molecule has 1 aliphatic heterocycles. The molecule has 1 N–H and O–H groups in total. The van der Waals surface area contributed by atoms with Gasteiger partial charge in [0.2, 0.25) is 0 Å². The molecule has 5 rings (SSSR count). The monoisotopic (exact) mass is 550 g/mol. The Morgan fingerprint density at radius 1 is 1.02 bits per heavy atom. The molecule has 218 valence electrons. The first-order chi connectivity index (χ1) is 19.1. The van der Waals surface area contributed by atoms with Gasteiger partial charge >= 0.3 is 5.97 Å². The molecule has 0 saturated heterocycles. The second-order valence-electron chi connectivity index (χ2n) is 12.8. The summed E-state index contributed by atoms with van der Waals surface area (Å²) in [7, 11) is 0. The van der Waals surface area contributed by atoms with Crippen LogP contribution in [-0.2, 0) is 16.0 Å². The average molecular weight is 551 g/mol. The molecule has 2 aromatic rings. The molecule has 3 aliphatic rings. The summed E-state index contributed by atoms with van der Waals surface area (Å²) in [6.07, 6.45) is 9.33. The first-order valence-electron chi connectivity index (χ1n) is 15.1. The van der Waals surface area contributed by atoms with E-state index in [-0.39, 0.29) is 5.60 Å². The number of furan rings is 1. The molecule has 40 heavy (non-hydrogen) atoms. The minimum Gasteiger partial charge on any atom is -0.493 e. The van der Waals surface area contributed by atoms with E-state index in [0.717, 1.165) is 85.3 Å². The SMILES string of the molecule is CCOc1cc(CC2CC3(CC(C4CCC(C)(C(=O)O)CC4)=C(C)CO3)C2)cc(OCC)c1-c1c(C)coc1C. The van der Waals surface area contributed by atoms with Crippen molar-refractivity contribution in [3.63, 3.8) is 0 Å². The number of carbonyl (C=O) groups is 1. The fourth-order valence-corrected chi connectivity index (χ4v) is 7.44. The number of hydrogen-bond donors (Lipinski definition) is 1. The highest BCUT2D eigenvalue weighted by Crippen LogP contribution is 2.53.